The molecule has 0 fully saturated rings. The number of hydrogen-bond acceptors (Lipinski definition) is 7. The van der Waals surface area contributed by atoms with Crippen molar-refractivity contribution in [2.45, 2.75) is 44.9 Å². The molecule has 0 radical (unpaired) electrons. The number of methoxy groups -OCH3 is 2. The molecule has 0 aliphatic rings. The van der Waals surface area contributed by atoms with Crippen LogP contribution in [0, 0.1) is 0 Å². The van der Waals surface area contributed by atoms with Crippen LogP contribution in [0.2, 0.25) is 0 Å². The van der Waals surface area contributed by atoms with Gasteiger partial charge >= 0.3 is 0 Å². The fraction of sp³-hybridized carbons (Fsp3) is 1.00. The summed E-state index contributed by atoms with van der Waals surface area (Å²) in [6.07, 6.45) is 7.33. The Bertz CT molecular complexity index is 218. The van der Waals surface area contributed by atoms with E-state index < -0.39 is 0 Å². The standard InChI is InChI=1S/C19H40O7/c1-20-10-4-3-5-12-22-13-8-9-15-25-26-19-18-24-17-16-23-14-7-6-11-21-2/h3-19H2,1-2H3. The number of hydrogen-bond donors (Lipinski definition) is 0. The predicted molar refractivity (Wildman–Crippen MR) is 100 cm³/mol. The molecule has 0 spiro atoms. The maximum atomic E-state index is 5.56. The second kappa shape index (κ2) is 24.7. The van der Waals surface area contributed by atoms with E-state index in [1.807, 2.05) is 0 Å². The van der Waals surface area contributed by atoms with Crippen LogP contribution in [0.4, 0.5) is 0 Å². The van der Waals surface area contributed by atoms with Crippen LogP contribution in [0.25, 0.3) is 0 Å². The SMILES string of the molecule is COCCCCCOCCCCOOCCOCCOCCCCOC. The highest BCUT2D eigenvalue weighted by Crippen LogP contribution is 1.98. The molecule has 7 nitrogen and oxygen atoms in total. The van der Waals surface area contributed by atoms with Crippen LogP contribution in [-0.2, 0) is 33.5 Å². The zero-order chi connectivity index (χ0) is 19.0. The highest BCUT2D eigenvalue weighted by atomic mass is 17.2. The van der Waals surface area contributed by atoms with Gasteiger partial charge in [-0.1, -0.05) is 0 Å². The minimum Gasteiger partial charge on any atom is -0.385 e. The zero-order valence-corrected chi connectivity index (χ0v) is 16.9. The Hall–Kier alpha value is -0.280. The molecule has 0 aromatic heterocycles. The lowest BCUT2D eigenvalue weighted by atomic mass is 10.2. The van der Waals surface area contributed by atoms with Gasteiger partial charge in [0, 0.05) is 47.3 Å². The Morgan fingerprint density at radius 2 is 0.731 bits per heavy atom. The van der Waals surface area contributed by atoms with Gasteiger partial charge in [0.25, 0.3) is 0 Å². The summed E-state index contributed by atoms with van der Waals surface area (Å²) in [5.74, 6) is 0. The van der Waals surface area contributed by atoms with Crippen LogP contribution in [-0.4, -0.2) is 80.3 Å². The normalized spacial score (nSPS) is 11.3. The molecule has 0 aliphatic heterocycles. The average molecular weight is 381 g/mol. The summed E-state index contributed by atoms with van der Waals surface area (Å²) >= 11 is 0. The summed E-state index contributed by atoms with van der Waals surface area (Å²) < 4.78 is 26.4. The highest BCUT2D eigenvalue weighted by molar-refractivity contribution is 4.42. The molecule has 0 atom stereocenters. The van der Waals surface area contributed by atoms with E-state index in [0.717, 1.165) is 78.0 Å². The Labute approximate surface area is 159 Å². The van der Waals surface area contributed by atoms with E-state index in [1.165, 1.54) is 0 Å². The van der Waals surface area contributed by atoms with Crippen LogP contribution < -0.4 is 0 Å². The lowest BCUT2D eigenvalue weighted by Gasteiger charge is -2.07. The van der Waals surface area contributed by atoms with Crippen LogP contribution in [0.1, 0.15) is 44.9 Å². The van der Waals surface area contributed by atoms with Gasteiger partial charge in [0.1, 0.15) is 6.61 Å². The quantitative estimate of drug-likeness (QED) is 0.153. The molecule has 158 valence electrons. The summed E-state index contributed by atoms with van der Waals surface area (Å²) in [6.45, 7) is 6.72. The minimum atomic E-state index is 0.436. The van der Waals surface area contributed by atoms with Gasteiger partial charge in [-0.2, -0.15) is 0 Å². The molecule has 7 heteroatoms. The molecule has 0 rings (SSSR count). The summed E-state index contributed by atoms with van der Waals surface area (Å²) in [5.41, 5.74) is 0. The highest BCUT2D eigenvalue weighted by Gasteiger charge is 1.95. The van der Waals surface area contributed by atoms with Crippen molar-refractivity contribution in [2.75, 3.05) is 80.3 Å². The first-order valence-corrected chi connectivity index (χ1v) is 9.87. The van der Waals surface area contributed by atoms with E-state index in [-0.39, 0.29) is 0 Å². The van der Waals surface area contributed by atoms with E-state index in [0.29, 0.717) is 33.0 Å². The summed E-state index contributed by atoms with van der Waals surface area (Å²) in [4.78, 5) is 10.2. The molecule has 0 saturated heterocycles. The molecule has 0 saturated carbocycles. The average Bonchev–Trinajstić information content (AvgIpc) is 2.66. The second-order valence-electron chi connectivity index (χ2n) is 5.94. The van der Waals surface area contributed by atoms with Crippen LogP contribution >= 0.6 is 0 Å². The smallest absolute Gasteiger partial charge is 0.106 e. The van der Waals surface area contributed by atoms with Crippen molar-refractivity contribution in [2.24, 2.45) is 0 Å². The third-order valence-electron chi connectivity index (χ3n) is 3.56. The van der Waals surface area contributed by atoms with E-state index in [2.05, 4.69) is 0 Å². The third-order valence-corrected chi connectivity index (χ3v) is 3.56. The number of rotatable bonds is 23. The first kappa shape index (κ1) is 25.7. The third kappa shape index (κ3) is 23.7. The van der Waals surface area contributed by atoms with Crippen molar-refractivity contribution in [3.8, 4) is 0 Å². The van der Waals surface area contributed by atoms with Gasteiger partial charge in [-0.15, -0.1) is 0 Å². The summed E-state index contributed by atoms with van der Waals surface area (Å²) in [7, 11) is 3.45. The van der Waals surface area contributed by atoms with Crippen molar-refractivity contribution >= 4 is 0 Å². The molecule has 0 N–H and O–H groups in total. The summed E-state index contributed by atoms with van der Waals surface area (Å²) in [5, 5.41) is 0. The molecule has 0 bridgehead atoms. The van der Waals surface area contributed by atoms with Crippen LogP contribution in [0.5, 0.6) is 0 Å². The fourth-order valence-corrected chi connectivity index (χ4v) is 2.08. The fourth-order valence-electron chi connectivity index (χ4n) is 2.08. The molecule has 26 heavy (non-hydrogen) atoms. The lowest BCUT2D eigenvalue weighted by molar-refractivity contribution is -0.299. The first-order chi connectivity index (χ1) is 12.9. The van der Waals surface area contributed by atoms with E-state index >= 15 is 0 Å². The van der Waals surface area contributed by atoms with Crippen molar-refractivity contribution in [3.05, 3.63) is 0 Å². The van der Waals surface area contributed by atoms with Gasteiger partial charge in [0.05, 0.1) is 26.4 Å². The maximum Gasteiger partial charge on any atom is 0.106 e. The van der Waals surface area contributed by atoms with Gasteiger partial charge in [-0.25, -0.2) is 9.78 Å². The Balaban J connectivity index is 2.95. The van der Waals surface area contributed by atoms with E-state index in [1.54, 1.807) is 14.2 Å². The maximum absolute atomic E-state index is 5.56. The largest absolute Gasteiger partial charge is 0.385 e. The first-order valence-electron chi connectivity index (χ1n) is 9.87. The van der Waals surface area contributed by atoms with Gasteiger partial charge < -0.3 is 23.7 Å². The number of ether oxygens (including phenoxy) is 5. The van der Waals surface area contributed by atoms with Crippen LogP contribution in [0.3, 0.4) is 0 Å². The van der Waals surface area contributed by atoms with Gasteiger partial charge in [0.2, 0.25) is 0 Å². The molecule has 0 amide bonds. The Morgan fingerprint density at radius 3 is 1.38 bits per heavy atom. The Morgan fingerprint density at radius 1 is 0.346 bits per heavy atom. The van der Waals surface area contributed by atoms with Crippen molar-refractivity contribution in [1.82, 2.24) is 0 Å². The van der Waals surface area contributed by atoms with Gasteiger partial charge in [0.15, 0.2) is 0 Å². The molecule has 0 unspecified atom stereocenters. The van der Waals surface area contributed by atoms with Crippen molar-refractivity contribution in [1.29, 1.82) is 0 Å². The lowest BCUT2D eigenvalue weighted by Crippen LogP contribution is -2.10. The van der Waals surface area contributed by atoms with E-state index in [4.69, 9.17) is 33.5 Å². The molecular formula is C19H40O7. The number of unbranched alkanes of at least 4 members (excludes halogenated alkanes) is 4. The Kier molecular flexibility index (Phi) is 24.5. The molecule has 0 aliphatic carbocycles. The van der Waals surface area contributed by atoms with Crippen LogP contribution in [0.15, 0.2) is 0 Å². The zero-order valence-electron chi connectivity index (χ0n) is 16.9. The topological polar surface area (TPSA) is 64.6 Å². The van der Waals surface area contributed by atoms with Gasteiger partial charge in [-0.3, -0.25) is 0 Å². The summed E-state index contributed by atoms with van der Waals surface area (Å²) in [6, 6.07) is 0. The minimum absolute atomic E-state index is 0.436. The second-order valence-corrected chi connectivity index (χ2v) is 5.94. The van der Waals surface area contributed by atoms with Crippen molar-refractivity contribution < 1.29 is 33.5 Å². The predicted octanol–water partition coefficient (Wildman–Crippen LogP) is 3.01. The monoisotopic (exact) mass is 380 g/mol. The van der Waals surface area contributed by atoms with Gasteiger partial charge in [-0.05, 0) is 44.9 Å². The van der Waals surface area contributed by atoms with Crippen molar-refractivity contribution in [3.63, 3.8) is 0 Å². The van der Waals surface area contributed by atoms with E-state index in [9.17, 15) is 0 Å². The molecule has 0 aromatic rings. The molecule has 0 heterocycles. The molecule has 0 aromatic carbocycles. The molecular weight excluding hydrogens is 340 g/mol.